The van der Waals surface area contributed by atoms with Crippen molar-refractivity contribution >= 4 is 11.8 Å². The summed E-state index contributed by atoms with van der Waals surface area (Å²) < 4.78 is 36.1. The van der Waals surface area contributed by atoms with E-state index in [1.165, 1.54) is 0 Å². The van der Waals surface area contributed by atoms with E-state index in [9.17, 15) is 13.2 Å². The van der Waals surface area contributed by atoms with Gasteiger partial charge < -0.3 is 5.32 Å². The van der Waals surface area contributed by atoms with Gasteiger partial charge in [-0.3, -0.25) is 0 Å². The van der Waals surface area contributed by atoms with Crippen molar-refractivity contribution in [2.24, 2.45) is 5.92 Å². The summed E-state index contributed by atoms with van der Waals surface area (Å²) in [5.74, 6) is 2.83. The monoisotopic (exact) mass is 255 g/mol. The maximum Gasteiger partial charge on any atom is 0.389 e. The number of alkyl halides is 3. The highest BCUT2D eigenvalue weighted by molar-refractivity contribution is 7.99. The molecule has 16 heavy (non-hydrogen) atoms. The third kappa shape index (κ3) is 5.43. The van der Waals surface area contributed by atoms with Crippen molar-refractivity contribution < 1.29 is 13.2 Å². The zero-order valence-corrected chi connectivity index (χ0v) is 10.5. The molecule has 0 amide bonds. The molecule has 2 atom stereocenters. The minimum atomic E-state index is -4.00. The summed E-state index contributed by atoms with van der Waals surface area (Å²) in [5.41, 5.74) is 0. The average molecular weight is 255 g/mol. The Morgan fingerprint density at radius 3 is 2.69 bits per heavy atom. The van der Waals surface area contributed by atoms with Gasteiger partial charge in [-0.05, 0) is 43.2 Å². The molecule has 0 aromatic carbocycles. The van der Waals surface area contributed by atoms with Crippen LogP contribution in [0.15, 0.2) is 0 Å². The van der Waals surface area contributed by atoms with Crippen LogP contribution in [-0.2, 0) is 0 Å². The predicted molar refractivity (Wildman–Crippen MR) is 62.8 cm³/mol. The van der Waals surface area contributed by atoms with E-state index in [0.29, 0.717) is 12.3 Å². The summed E-state index contributed by atoms with van der Waals surface area (Å²) in [6.45, 7) is 2.86. The van der Waals surface area contributed by atoms with Gasteiger partial charge in [-0.25, -0.2) is 0 Å². The van der Waals surface area contributed by atoms with Gasteiger partial charge in [-0.2, -0.15) is 24.9 Å². The van der Waals surface area contributed by atoms with Crippen molar-refractivity contribution in [2.45, 2.75) is 44.8 Å². The van der Waals surface area contributed by atoms with E-state index in [4.69, 9.17) is 0 Å². The molecule has 0 saturated carbocycles. The van der Waals surface area contributed by atoms with Crippen molar-refractivity contribution in [3.63, 3.8) is 0 Å². The van der Waals surface area contributed by atoms with Gasteiger partial charge in [0.05, 0.1) is 0 Å². The normalized spacial score (nSPS) is 23.6. The van der Waals surface area contributed by atoms with E-state index in [0.717, 1.165) is 24.5 Å². The van der Waals surface area contributed by atoms with Crippen molar-refractivity contribution in [1.82, 2.24) is 5.32 Å². The highest BCUT2D eigenvalue weighted by Crippen LogP contribution is 2.30. The Kier molecular flexibility index (Phi) is 5.97. The van der Waals surface area contributed by atoms with Crippen LogP contribution in [0.2, 0.25) is 0 Å². The summed E-state index contributed by atoms with van der Waals surface area (Å²) in [6, 6.07) is 0.280. The second-order valence-electron chi connectivity index (χ2n) is 4.30. The third-order valence-corrected chi connectivity index (χ3v) is 4.16. The maximum atomic E-state index is 12.0. The molecule has 1 heterocycles. The van der Waals surface area contributed by atoms with Gasteiger partial charge in [0.2, 0.25) is 0 Å². The first-order valence-corrected chi connectivity index (χ1v) is 7.06. The van der Waals surface area contributed by atoms with Gasteiger partial charge in [0, 0.05) is 12.5 Å². The van der Waals surface area contributed by atoms with Gasteiger partial charge >= 0.3 is 6.18 Å². The van der Waals surface area contributed by atoms with Gasteiger partial charge in [-0.15, -0.1) is 0 Å². The number of hydrogen-bond acceptors (Lipinski definition) is 2. The van der Waals surface area contributed by atoms with E-state index in [1.807, 2.05) is 18.7 Å². The smallest absolute Gasteiger partial charge is 0.314 e. The van der Waals surface area contributed by atoms with Crippen molar-refractivity contribution in [3.05, 3.63) is 0 Å². The molecule has 0 spiro atoms. The molecule has 0 aliphatic carbocycles. The molecule has 5 heteroatoms. The fourth-order valence-corrected chi connectivity index (χ4v) is 3.50. The molecule has 1 aliphatic heterocycles. The van der Waals surface area contributed by atoms with Crippen LogP contribution >= 0.6 is 11.8 Å². The van der Waals surface area contributed by atoms with Gasteiger partial charge in [0.15, 0.2) is 0 Å². The fourth-order valence-electron chi connectivity index (χ4n) is 2.16. The Morgan fingerprint density at radius 2 is 2.19 bits per heavy atom. The molecule has 1 N–H and O–H groups in total. The number of nitrogens with one attached hydrogen (secondary N) is 1. The zero-order chi connectivity index (χ0) is 12.0. The van der Waals surface area contributed by atoms with E-state index in [-0.39, 0.29) is 12.5 Å². The van der Waals surface area contributed by atoms with Crippen LogP contribution in [0, 0.1) is 5.92 Å². The molecule has 96 valence electrons. The molecule has 1 aliphatic rings. The molecule has 1 fully saturated rings. The Bertz CT molecular complexity index is 190. The highest BCUT2D eigenvalue weighted by atomic mass is 32.2. The van der Waals surface area contributed by atoms with Crippen LogP contribution in [0.4, 0.5) is 13.2 Å². The third-order valence-electron chi connectivity index (χ3n) is 2.98. The first-order valence-electron chi connectivity index (χ1n) is 5.91. The van der Waals surface area contributed by atoms with E-state index < -0.39 is 12.6 Å². The van der Waals surface area contributed by atoms with Crippen LogP contribution in [0.5, 0.6) is 0 Å². The van der Waals surface area contributed by atoms with Crippen molar-refractivity contribution in [3.8, 4) is 0 Å². The second-order valence-corrected chi connectivity index (χ2v) is 5.45. The Balaban J connectivity index is 2.27. The average Bonchev–Trinajstić information content (AvgIpc) is 2.67. The van der Waals surface area contributed by atoms with Crippen LogP contribution in [0.1, 0.15) is 32.6 Å². The number of thioether (sulfide) groups is 1. The standard InChI is InChI=1S/C11H20F3NS/c1-2-15-10(9-5-7-16-8-9)4-3-6-11(12,13)14/h9-10,15H,2-8H2,1H3. The predicted octanol–water partition coefficient (Wildman–Crippen LogP) is 3.45. The molecule has 0 bridgehead atoms. The summed E-state index contributed by atoms with van der Waals surface area (Å²) in [4.78, 5) is 0. The molecule has 1 saturated heterocycles. The quantitative estimate of drug-likeness (QED) is 0.780. The molecular weight excluding hydrogens is 235 g/mol. The minimum absolute atomic E-state index is 0.252. The molecule has 0 radical (unpaired) electrons. The molecular formula is C11H20F3NS. The molecule has 0 aromatic heterocycles. The van der Waals surface area contributed by atoms with E-state index in [2.05, 4.69) is 5.32 Å². The summed E-state index contributed by atoms with van der Waals surface area (Å²) in [5, 5.41) is 3.33. The van der Waals surface area contributed by atoms with Crippen LogP contribution in [0.3, 0.4) is 0 Å². The second kappa shape index (κ2) is 6.74. The summed E-state index contributed by atoms with van der Waals surface area (Å²) in [6.07, 6.45) is -2.59. The molecule has 1 rings (SSSR count). The van der Waals surface area contributed by atoms with E-state index >= 15 is 0 Å². The van der Waals surface area contributed by atoms with Crippen molar-refractivity contribution in [2.75, 3.05) is 18.1 Å². The number of hydrogen-bond donors (Lipinski definition) is 1. The SMILES string of the molecule is CCNC(CCCC(F)(F)F)C1CCSC1. The van der Waals surface area contributed by atoms with Crippen LogP contribution in [0.25, 0.3) is 0 Å². The zero-order valence-electron chi connectivity index (χ0n) is 9.65. The lowest BCUT2D eigenvalue weighted by Crippen LogP contribution is -2.36. The first kappa shape index (κ1) is 14.2. The molecule has 2 unspecified atom stereocenters. The fraction of sp³-hybridized carbons (Fsp3) is 1.00. The summed E-state index contributed by atoms with van der Waals surface area (Å²) >= 11 is 1.91. The molecule has 0 aromatic rings. The topological polar surface area (TPSA) is 12.0 Å². The Hall–Kier alpha value is 0.100. The maximum absolute atomic E-state index is 12.0. The van der Waals surface area contributed by atoms with Crippen LogP contribution in [-0.4, -0.2) is 30.3 Å². The summed E-state index contributed by atoms with van der Waals surface area (Å²) in [7, 11) is 0. The van der Waals surface area contributed by atoms with E-state index in [1.54, 1.807) is 0 Å². The lowest BCUT2D eigenvalue weighted by Gasteiger charge is -2.24. The lowest BCUT2D eigenvalue weighted by atomic mass is 9.94. The number of rotatable bonds is 6. The highest BCUT2D eigenvalue weighted by Gasteiger charge is 2.29. The lowest BCUT2D eigenvalue weighted by molar-refractivity contribution is -0.136. The Labute approximate surface area is 99.6 Å². The number of halogens is 3. The van der Waals surface area contributed by atoms with Gasteiger partial charge in [0.1, 0.15) is 0 Å². The first-order chi connectivity index (χ1) is 7.53. The Morgan fingerprint density at radius 1 is 1.44 bits per heavy atom. The van der Waals surface area contributed by atoms with Gasteiger partial charge in [-0.1, -0.05) is 6.92 Å². The minimum Gasteiger partial charge on any atom is -0.314 e. The van der Waals surface area contributed by atoms with Crippen molar-refractivity contribution in [1.29, 1.82) is 0 Å². The van der Waals surface area contributed by atoms with Gasteiger partial charge in [0.25, 0.3) is 0 Å². The largest absolute Gasteiger partial charge is 0.389 e. The molecule has 1 nitrogen and oxygen atoms in total. The van der Waals surface area contributed by atoms with Crippen LogP contribution < -0.4 is 5.32 Å².